The Balaban J connectivity index is 1.80. The molecule has 0 amide bonds. The summed E-state index contributed by atoms with van der Waals surface area (Å²) in [6.45, 7) is 0.447. The number of anilines is 1. The van der Waals surface area contributed by atoms with Gasteiger partial charge in [0.1, 0.15) is 5.82 Å². The first-order valence-electron chi connectivity index (χ1n) is 6.09. The lowest BCUT2D eigenvalue weighted by molar-refractivity contribution is 0.570. The summed E-state index contributed by atoms with van der Waals surface area (Å²) in [5.41, 5.74) is 8.08. The molecule has 2 aromatic carbocycles. The van der Waals surface area contributed by atoms with E-state index in [0.29, 0.717) is 18.1 Å². The third-order valence-corrected chi connectivity index (χ3v) is 2.86. The van der Waals surface area contributed by atoms with Gasteiger partial charge in [-0.05, 0) is 47.2 Å². The van der Waals surface area contributed by atoms with Crippen molar-refractivity contribution in [1.29, 1.82) is 0 Å². The van der Waals surface area contributed by atoms with Crippen LogP contribution in [0.2, 0.25) is 0 Å². The highest BCUT2D eigenvalue weighted by molar-refractivity contribution is 5.57. The Bertz CT molecular complexity index is 703. The molecule has 0 aliphatic heterocycles. The average molecular weight is 269 g/mol. The Labute approximate surface area is 114 Å². The molecule has 1 heterocycles. The van der Waals surface area contributed by atoms with E-state index in [4.69, 9.17) is 5.73 Å². The second kappa shape index (κ2) is 5.08. The largest absolute Gasteiger partial charge is 0.399 e. The molecule has 0 bridgehead atoms. The lowest BCUT2D eigenvalue weighted by Crippen LogP contribution is -2.04. The molecule has 3 aromatic rings. The van der Waals surface area contributed by atoms with E-state index in [1.165, 1.54) is 16.9 Å². The number of rotatable bonds is 3. The predicted molar refractivity (Wildman–Crippen MR) is 73.2 cm³/mol. The molecule has 0 aliphatic carbocycles. The Morgan fingerprint density at radius 3 is 2.40 bits per heavy atom. The highest BCUT2D eigenvalue weighted by Gasteiger charge is 2.06. The molecule has 0 unspecified atom stereocenters. The average Bonchev–Trinajstić information content (AvgIpc) is 2.91. The quantitative estimate of drug-likeness (QED) is 0.739. The molecule has 0 saturated carbocycles. The fourth-order valence-electron chi connectivity index (χ4n) is 1.81. The van der Waals surface area contributed by atoms with E-state index in [1.54, 1.807) is 24.3 Å². The van der Waals surface area contributed by atoms with Crippen LogP contribution in [0.15, 0.2) is 48.5 Å². The van der Waals surface area contributed by atoms with E-state index in [0.717, 1.165) is 11.1 Å². The third-order valence-electron chi connectivity index (χ3n) is 2.86. The van der Waals surface area contributed by atoms with Gasteiger partial charge in [-0.2, -0.15) is 4.80 Å². The van der Waals surface area contributed by atoms with Gasteiger partial charge in [0.25, 0.3) is 0 Å². The van der Waals surface area contributed by atoms with Gasteiger partial charge in [0, 0.05) is 11.3 Å². The van der Waals surface area contributed by atoms with Gasteiger partial charge in [0.2, 0.25) is 5.82 Å². The van der Waals surface area contributed by atoms with E-state index in [2.05, 4.69) is 15.4 Å². The number of tetrazole rings is 1. The summed E-state index contributed by atoms with van der Waals surface area (Å²) in [4.78, 5) is 1.47. The summed E-state index contributed by atoms with van der Waals surface area (Å²) in [5.74, 6) is 0.273. The van der Waals surface area contributed by atoms with E-state index in [9.17, 15) is 4.39 Å². The molecule has 100 valence electrons. The van der Waals surface area contributed by atoms with Crippen molar-refractivity contribution in [3.05, 3.63) is 59.9 Å². The SMILES string of the molecule is Nc1ccc(-c2nnn(Cc3ccc(F)cc3)n2)cc1. The topological polar surface area (TPSA) is 69.6 Å². The number of hydrogen-bond donors (Lipinski definition) is 1. The van der Waals surface area contributed by atoms with E-state index in [-0.39, 0.29) is 5.82 Å². The Hall–Kier alpha value is -2.76. The minimum Gasteiger partial charge on any atom is -0.399 e. The zero-order valence-electron chi connectivity index (χ0n) is 10.6. The van der Waals surface area contributed by atoms with Gasteiger partial charge in [0.05, 0.1) is 6.54 Å². The van der Waals surface area contributed by atoms with Crippen LogP contribution < -0.4 is 5.73 Å². The summed E-state index contributed by atoms with van der Waals surface area (Å²) in [6.07, 6.45) is 0. The molecular formula is C14H12FN5. The van der Waals surface area contributed by atoms with Crippen molar-refractivity contribution in [3.63, 3.8) is 0 Å². The molecular weight excluding hydrogens is 257 g/mol. The summed E-state index contributed by atoms with van der Waals surface area (Å²) in [7, 11) is 0. The van der Waals surface area contributed by atoms with Crippen molar-refractivity contribution in [3.8, 4) is 11.4 Å². The Morgan fingerprint density at radius 1 is 1.00 bits per heavy atom. The molecule has 0 atom stereocenters. The van der Waals surface area contributed by atoms with E-state index < -0.39 is 0 Å². The second-order valence-corrected chi connectivity index (χ2v) is 4.39. The molecule has 20 heavy (non-hydrogen) atoms. The molecule has 0 aliphatic rings. The minimum atomic E-state index is -0.261. The number of halogens is 1. The van der Waals surface area contributed by atoms with Gasteiger partial charge in [-0.25, -0.2) is 4.39 Å². The zero-order valence-corrected chi connectivity index (χ0v) is 10.6. The van der Waals surface area contributed by atoms with Gasteiger partial charge in [-0.15, -0.1) is 10.2 Å². The standard InChI is InChI=1S/C14H12FN5/c15-12-5-1-10(2-6-12)9-20-18-14(17-19-20)11-3-7-13(16)8-4-11/h1-8H,9,16H2. The Kier molecular flexibility index (Phi) is 3.12. The van der Waals surface area contributed by atoms with Crippen LogP contribution in [0.5, 0.6) is 0 Å². The maximum atomic E-state index is 12.8. The van der Waals surface area contributed by atoms with Gasteiger partial charge in [-0.1, -0.05) is 12.1 Å². The van der Waals surface area contributed by atoms with Crippen LogP contribution >= 0.6 is 0 Å². The summed E-state index contributed by atoms with van der Waals surface area (Å²) in [6, 6.07) is 13.5. The molecule has 6 heteroatoms. The number of nitrogens with zero attached hydrogens (tertiary/aromatic N) is 4. The molecule has 0 saturated heterocycles. The van der Waals surface area contributed by atoms with Crippen molar-refractivity contribution in [2.24, 2.45) is 0 Å². The van der Waals surface area contributed by atoms with E-state index >= 15 is 0 Å². The van der Waals surface area contributed by atoms with Crippen molar-refractivity contribution < 1.29 is 4.39 Å². The molecule has 5 nitrogen and oxygen atoms in total. The smallest absolute Gasteiger partial charge is 0.204 e. The number of hydrogen-bond acceptors (Lipinski definition) is 4. The maximum Gasteiger partial charge on any atom is 0.204 e. The van der Waals surface area contributed by atoms with Crippen LogP contribution in [0, 0.1) is 5.82 Å². The molecule has 0 spiro atoms. The van der Waals surface area contributed by atoms with Gasteiger partial charge in [-0.3, -0.25) is 0 Å². The van der Waals surface area contributed by atoms with E-state index in [1.807, 2.05) is 12.1 Å². The second-order valence-electron chi connectivity index (χ2n) is 4.39. The summed E-state index contributed by atoms with van der Waals surface area (Å²) in [5, 5.41) is 12.3. The van der Waals surface area contributed by atoms with Crippen LogP contribution in [0.4, 0.5) is 10.1 Å². The molecule has 0 fully saturated rings. The first-order valence-corrected chi connectivity index (χ1v) is 6.09. The lowest BCUT2D eigenvalue weighted by atomic mass is 10.2. The highest BCUT2D eigenvalue weighted by atomic mass is 19.1. The van der Waals surface area contributed by atoms with Crippen molar-refractivity contribution in [2.75, 3.05) is 5.73 Å². The Morgan fingerprint density at radius 2 is 1.70 bits per heavy atom. The molecule has 3 rings (SSSR count). The van der Waals surface area contributed by atoms with Crippen LogP contribution in [0.3, 0.4) is 0 Å². The highest BCUT2D eigenvalue weighted by Crippen LogP contribution is 2.15. The maximum absolute atomic E-state index is 12.8. The van der Waals surface area contributed by atoms with Crippen LogP contribution in [0.25, 0.3) is 11.4 Å². The predicted octanol–water partition coefficient (Wildman–Crippen LogP) is 2.11. The van der Waals surface area contributed by atoms with Crippen LogP contribution in [-0.4, -0.2) is 20.2 Å². The fourth-order valence-corrected chi connectivity index (χ4v) is 1.81. The number of nitrogen functional groups attached to an aromatic ring is 1. The molecule has 1 aromatic heterocycles. The number of aromatic nitrogens is 4. The molecule has 2 N–H and O–H groups in total. The van der Waals surface area contributed by atoms with Crippen LogP contribution in [-0.2, 0) is 6.54 Å². The number of benzene rings is 2. The molecule has 0 radical (unpaired) electrons. The first-order chi connectivity index (χ1) is 9.70. The normalized spacial score (nSPS) is 10.7. The monoisotopic (exact) mass is 269 g/mol. The summed E-state index contributed by atoms with van der Waals surface area (Å²) < 4.78 is 12.8. The lowest BCUT2D eigenvalue weighted by Gasteiger charge is -1.99. The summed E-state index contributed by atoms with van der Waals surface area (Å²) >= 11 is 0. The zero-order chi connectivity index (χ0) is 13.9. The fraction of sp³-hybridized carbons (Fsp3) is 0.0714. The van der Waals surface area contributed by atoms with Crippen LogP contribution in [0.1, 0.15) is 5.56 Å². The third kappa shape index (κ3) is 2.64. The van der Waals surface area contributed by atoms with Crippen molar-refractivity contribution >= 4 is 5.69 Å². The number of nitrogens with two attached hydrogens (primary N) is 1. The van der Waals surface area contributed by atoms with Crippen molar-refractivity contribution in [1.82, 2.24) is 20.2 Å². The minimum absolute atomic E-state index is 0.261. The first kappa shape index (κ1) is 12.3. The van der Waals surface area contributed by atoms with Gasteiger partial charge < -0.3 is 5.73 Å². The van der Waals surface area contributed by atoms with Crippen molar-refractivity contribution in [2.45, 2.75) is 6.54 Å². The van der Waals surface area contributed by atoms with Gasteiger partial charge in [0.15, 0.2) is 0 Å². The van der Waals surface area contributed by atoms with Gasteiger partial charge >= 0.3 is 0 Å².